The van der Waals surface area contributed by atoms with Gasteiger partial charge in [-0.15, -0.1) is 0 Å². The van der Waals surface area contributed by atoms with E-state index in [-0.39, 0.29) is 6.04 Å². The fraction of sp³-hybridized carbons (Fsp3) is 0.833. The van der Waals surface area contributed by atoms with Gasteiger partial charge in [0.25, 0.3) is 0 Å². The minimum atomic E-state index is 0.148. The summed E-state index contributed by atoms with van der Waals surface area (Å²) < 4.78 is 0. The van der Waals surface area contributed by atoms with Crippen LogP contribution in [0.15, 0.2) is 0 Å². The van der Waals surface area contributed by atoms with E-state index in [0.29, 0.717) is 5.92 Å². The van der Waals surface area contributed by atoms with Gasteiger partial charge in [-0.2, -0.15) is 0 Å². The maximum atomic E-state index is 6.97. The molecule has 0 aromatic heterocycles. The fourth-order valence-electron chi connectivity index (χ4n) is 0.567. The van der Waals surface area contributed by atoms with Gasteiger partial charge in [0, 0.05) is 6.21 Å². The Balaban J connectivity index is 3.54. The molecule has 0 amide bonds. The second-order valence-electron chi connectivity index (χ2n) is 2.33. The monoisotopic (exact) mass is 129 g/mol. The van der Waals surface area contributed by atoms with Crippen molar-refractivity contribution in [2.75, 3.05) is 7.05 Å². The summed E-state index contributed by atoms with van der Waals surface area (Å²) in [7, 11) is 1.80. The Morgan fingerprint density at radius 2 is 2.00 bits per heavy atom. The van der Waals surface area contributed by atoms with E-state index in [1.165, 1.54) is 6.21 Å². The van der Waals surface area contributed by atoms with Crippen LogP contribution in [0.25, 0.3) is 0 Å². The Labute approximate surface area is 56.3 Å². The molecule has 0 saturated carbocycles. The summed E-state index contributed by atoms with van der Waals surface area (Å²) in [6.45, 7) is 4.14. The first-order valence-electron chi connectivity index (χ1n) is 3.15. The summed E-state index contributed by atoms with van der Waals surface area (Å²) in [5.74, 6) is 0.468. The second-order valence-corrected chi connectivity index (χ2v) is 2.33. The van der Waals surface area contributed by atoms with Crippen molar-refractivity contribution in [3.8, 4) is 0 Å². The average Bonchev–Trinajstić information content (AvgIpc) is 1.82. The third-order valence-corrected chi connectivity index (χ3v) is 1.21. The summed E-state index contributed by atoms with van der Waals surface area (Å²) in [5, 5.41) is 6.97. The minimum Gasteiger partial charge on any atom is -0.311 e. The lowest BCUT2D eigenvalue weighted by molar-refractivity contribution is 0.450. The lowest BCUT2D eigenvalue weighted by Gasteiger charge is -2.15. The molecule has 0 bridgehead atoms. The predicted octanol–water partition coefficient (Wildman–Crippen LogP) is 0.385. The molecule has 0 aliphatic carbocycles. The topological polar surface area (TPSA) is 47.9 Å². The quantitative estimate of drug-likeness (QED) is 0.380. The van der Waals surface area contributed by atoms with Crippen molar-refractivity contribution in [1.82, 2.24) is 10.9 Å². The van der Waals surface area contributed by atoms with Crippen molar-refractivity contribution in [1.29, 1.82) is 5.41 Å². The molecule has 0 fully saturated rings. The molecule has 0 aromatic carbocycles. The van der Waals surface area contributed by atoms with E-state index in [2.05, 4.69) is 24.7 Å². The van der Waals surface area contributed by atoms with Crippen LogP contribution < -0.4 is 10.9 Å². The molecule has 3 N–H and O–H groups in total. The molecule has 0 saturated heterocycles. The Kier molecular flexibility index (Phi) is 4.26. The van der Waals surface area contributed by atoms with Crippen LogP contribution in [0, 0.1) is 11.3 Å². The van der Waals surface area contributed by atoms with Crippen LogP contribution in [0.2, 0.25) is 0 Å². The molecular weight excluding hydrogens is 114 g/mol. The van der Waals surface area contributed by atoms with Crippen molar-refractivity contribution in [3.05, 3.63) is 0 Å². The van der Waals surface area contributed by atoms with Gasteiger partial charge in [-0.25, -0.2) is 5.43 Å². The first-order valence-corrected chi connectivity index (χ1v) is 3.15. The molecule has 1 unspecified atom stereocenters. The minimum absolute atomic E-state index is 0.148. The lowest BCUT2D eigenvalue weighted by Crippen LogP contribution is -2.42. The molecule has 3 heteroatoms. The molecule has 9 heavy (non-hydrogen) atoms. The molecular formula is C6H15N3. The zero-order valence-corrected chi connectivity index (χ0v) is 6.23. The highest BCUT2D eigenvalue weighted by Gasteiger charge is 2.06. The standard InChI is InChI=1S/C6H15N3/c1-5(2)6(4-7)9-8-3/h4-9H,1-3H3. The Morgan fingerprint density at radius 1 is 1.44 bits per heavy atom. The molecule has 0 spiro atoms. The van der Waals surface area contributed by atoms with E-state index in [9.17, 15) is 0 Å². The van der Waals surface area contributed by atoms with Gasteiger partial charge in [0.1, 0.15) is 0 Å². The molecule has 54 valence electrons. The Morgan fingerprint density at radius 3 is 2.11 bits per heavy atom. The highest BCUT2D eigenvalue weighted by atomic mass is 15.3. The first-order chi connectivity index (χ1) is 4.22. The van der Waals surface area contributed by atoms with Crippen molar-refractivity contribution in [3.63, 3.8) is 0 Å². The van der Waals surface area contributed by atoms with Gasteiger partial charge in [0.2, 0.25) is 0 Å². The van der Waals surface area contributed by atoms with Crippen molar-refractivity contribution in [2.24, 2.45) is 5.92 Å². The van der Waals surface area contributed by atoms with E-state index in [0.717, 1.165) is 0 Å². The van der Waals surface area contributed by atoms with Gasteiger partial charge < -0.3 is 5.41 Å². The van der Waals surface area contributed by atoms with Crippen LogP contribution >= 0.6 is 0 Å². The van der Waals surface area contributed by atoms with Crippen LogP contribution in [0.3, 0.4) is 0 Å². The number of hydrazine groups is 1. The summed E-state index contributed by atoms with van der Waals surface area (Å²) in [6.07, 6.45) is 1.40. The summed E-state index contributed by atoms with van der Waals surface area (Å²) >= 11 is 0. The average molecular weight is 129 g/mol. The summed E-state index contributed by atoms with van der Waals surface area (Å²) in [5.41, 5.74) is 5.74. The van der Waals surface area contributed by atoms with Gasteiger partial charge in [-0.3, -0.25) is 5.43 Å². The number of hydrogen-bond donors (Lipinski definition) is 3. The molecule has 0 aromatic rings. The van der Waals surface area contributed by atoms with Crippen molar-refractivity contribution >= 4 is 6.21 Å². The van der Waals surface area contributed by atoms with Crippen LogP contribution in [0.1, 0.15) is 13.8 Å². The van der Waals surface area contributed by atoms with Gasteiger partial charge in [0.15, 0.2) is 0 Å². The van der Waals surface area contributed by atoms with Crippen LogP contribution in [0.4, 0.5) is 0 Å². The molecule has 0 rings (SSSR count). The van der Waals surface area contributed by atoms with Crippen LogP contribution in [-0.2, 0) is 0 Å². The normalized spacial score (nSPS) is 13.8. The van der Waals surface area contributed by atoms with E-state index < -0.39 is 0 Å². The zero-order valence-electron chi connectivity index (χ0n) is 6.23. The van der Waals surface area contributed by atoms with Gasteiger partial charge in [-0.1, -0.05) is 13.8 Å². The molecule has 1 atom stereocenters. The fourth-order valence-corrected chi connectivity index (χ4v) is 0.567. The molecule has 0 heterocycles. The SMILES string of the molecule is CNNC(C=N)C(C)C. The van der Waals surface area contributed by atoms with E-state index in [1.54, 1.807) is 7.05 Å². The number of nitrogens with one attached hydrogen (secondary N) is 3. The first kappa shape index (κ1) is 8.59. The third kappa shape index (κ3) is 3.21. The molecule has 0 aliphatic heterocycles. The molecule has 3 nitrogen and oxygen atoms in total. The maximum Gasteiger partial charge on any atom is 0.0580 e. The molecule has 0 aliphatic rings. The Hall–Kier alpha value is -0.410. The van der Waals surface area contributed by atoms with E-state index >= 15 is 0 Å². The Bertz CT molecular complexity index is 80.4. The van der Waals surface area contributed by atoms with Crippen molar-refractivity contribution in [2.45, 2.75) is 19.9 Å². The lowest BCUT2D eigenvalue weighted by atomic mass is 10.1. The highest BCUT2D eigenvalue weighted by molar-refractivity contribution is 5.60. The second kappa shape index (κ2) is 4.47. The van der Waals surface area contributed by atoms with Crippen molar-refractivity contribution < 1.29 is 0 Å². The summed E-state index contributed by atoms with van der Waals surface area (Å²) in [4.78, 5) is 0. The number of rotatable bonds is 4. The van der Waals surface area contributed by atoms with Crippen LogP contribution in [0.5, 0.6) is 0 Å². The van der Waals surface area contributed by atoms with E-state index in [1.807, 2.05) is 0 Å². The van der Waals surface area contributed by atoms with Gasteiger partial charge in [-0.05, 0) is 13.0 Å². The predicted molar refractivity (Wildman–Crippen MR) is 39.6 cm³/mol. The van der Waals surface area contributed by atoms with E-state index in [4.69, 9.17) is 5.41 Å². The largest absolute Gasteiger partial charge is 0.311 e. The van der Waals surface area contributed by atoms with Crippen LogP contribution in [-0.4, -0.2) is 19.3 Å². The number of hydrogen-bond acceptors (Lipinski definition) is 3. The van der Waals surface area contributed by atoms with Gasteiger partial charge >= 0.3 is 0 Å². The molecule has 0 radical (unpaired) electrons. The summed E-state index contributed by atoms with van der Waals surface area (Å²) in [6, 6.07) is 0.148. The zero-order chi connectivity index (χ0) is 7.28. The van der Waals surface area contributed by atoms with Gasteiger partial charge in [0.05, 0.1) is 6.04 Å². The third-order valence-electron chi connectivity index (χ3n) is 1.21. The maximum absolute atomic E-state index is 6.97. The smallest absolute Gasteiger partial charge is 0.0580 e. The highest BCUT2D eigenvalue weighted by Crippen LogP contribution is 1.95.